The Labute approximate surface area is 121 Å². The van der Waals surface area contributed by atoms with E-state index in [2.05, 4.69) is 21.0 Å². The highest BCUT2D eigenvalue weighted by Gasteiger charge is 2.16. The SMILES string of the molecule is COC(=O)N=Nc1c(O)n(CCCC#N)c2ccccc12. The van der Waals surface area contributed by atoms with Crippen molar-refractivity contribution < 1.29 is 14.6 Å². The van der Waals surface area contributed by atoms with Crippen molar-refractivity contribution in [1.29, 1.82) is 5.26 Å². The molecule has 0 bridgehead atoms. The minimum Gasteiger partial charge on any atom is -0.493 e. The van der Waals surface area contributed by atoms with Crippen molar-refractivity contribution in [3.05, 3.63) is 24.3 Å². The van der Waals surface area contributed by atoms with Gasteiger partial charge in [-0.2, -0.15) is 5.26 Å². The molecule has 7 nitrogen and oxygen atoms in total. The second-order valence-corrected chi connectivity index (χ2v) is 4.27. The molecule has 1 amide bonds. The highest BCUT2D eigenvalue weighted by Crippen LogP contribution is 2.38. The molecule has 1 aromatic heterocycles. The van der Waals surface area contributed by atoms with Crippen LogP contribution < -0.4 is 0 Å². The lowest BCUT2D eigenvalue weighted by atomic mass is 10.2. The zero-order valence-electron chi connectivity index (χ0n) is 11.5. The van der Waals surface area contributed by atoms with E-state index in [1.807, 2.05) is 12.1 Å². The summed E-state index contributed by atoms with van der Waals surface area (Å²) >= 11 is 0. The Kier molecular flexibility index (Phi) is 4.51. The summed E-state index contributed by atoms with van der Waals surface area (Å²) in [5, 5.41) is 26.7. The standard InChI is InChI=1S/C14H14N4O3/c1-21-14(20)17-16-12-10-6-2-3-7-11(10)18(13(12)19)9-5-4-8-15/h2-3,6-7,19H,4-5,9H2,1H3. The molecular weight excluding hydrogens is 272 g/mol. The van der Waals surface area contributed by atoms with E-state index in [0.29, 0.717) is 24.8 Å². The molecule has 0 aliphatic heterocycles. The van der Waals surface area contributed by atoms with Crippen molar-refractivity contribution in [3.63, 3.8) is 0 Å². The number of aryl methyl sites for hydroxylation is 1. The fourth-order valence-electron chi connectivity index (χ4n) is 2.04. The van der Waals surface area contributed by atoms with Crippen LogP contribution in [0.2, 0.25) is 0 Å². The van der Waals surface area contributed by atoms with Crippen molar-refractivity contribution in [2.75, 3.05) is 7.11 Å². The minimum absolute atomic E-state index is 0.0817. The van der Waals surface area contributed by atoms with Crippen LogP contribution in [-0.4, -0.2) is 22.9 Å². The summed E-state index contributed by atoms with van der Waals surface area (Å²) in [6, 6.07) is 9.31. The number of nitrogens with zero attached hydrogens (tertiary/aromatic N) is 4. The number of rotatable bonds is 4. The highest BCUT2D eigenvalue weighted by atomic mass is 16.5. The lowest BCUT2D eigenvalue weighted by Gasteiger charge is -2.04. The van der Waals surface area contributed by atoms with Crippen molar-refractivity contribution in [1.82, 2.24) is 4.57 Å². The number of aromatic hydroxyl groups is 1. The van der Waals surface area contributed by atoms with Gasteiger partial charge < -0.3 is 14.4 Å². The van der Waals surface area contributed by atoms with Gasteiger partial charge in [0.25, 0.3) is 0 Å². The number of methoxy groups -OCH3 is 1. The number of fused-ring (bicyclic) bond motifs is 1. The predicted octanol–water partition coefficient (Wildman–Crippen LogP) is 3.50. The average Bonchev–Trinajstić information content (AvgIpc) is 2.77. The number of benzene rings is 1. The summed E-state index contributed by atoms with van der Waals surface area (Å²) in [7, 11) is 1.20. The molecule has 7 heteroatoms. The van der Waals surface area contributed by atoms with Gasteiger partial charge >= 0.3 is 6.09 Å². The van der Waals surface area contributed by atoms with E-state index in [4.69, 9.17) is 5.26 Å². The van der Waals surface area contributed by atoms with Crippen LogP contribution in [0.5, 0.6) is 5.88 Å². The van der Waals surface area contributed by atoms with E-state index >= 15 is 0 Å². The number of unbranched alkanes of at least 4 members (excludes halogenated alkanes) is 1. The Morgan fingerprint density at radius 1 is 1.48 bits per heavy atom. The van der Waals surface area contributed by atoms with Crippen LogP contribution in [0.4, 0.5) is 10.5 Å². The number of nitriles is 1. The number of hydrogen-bond acceptors (Lipinski definition) is 5. The quantitative estimate of drug-likeness (QED) is 0.686. The largest absolute Gasteiger partial charge is 0.493 e. The lowest BCUT2D eigenvalue weighted by molar-refractivity contribution is 0.181. The van der Waals surface area contributed by atoms with Gasteiger partial charge in [-0.3, -0.25) is 0 Å². The van der Waals surface area contributed by atoms with Crippen molar-refractivity contribution in [2.45, 2.75) is 19.4 Å². The first kappa shape index (κ1) is 14.5. The molecule has 108 valence electrons. The van der Waals surface area contributed by atoms with Crippen LogP contribution in [0.25, 0.3) is 10.9 Å². The van der Waals surface area contributed by atoms with Crippen molar-refractivity contribution in [2.24, 2.45) is 10.2 Å². The fourth-order valence-corrected chi connectivity index (χ4v) is 2.04. The zero-order chi connectivity index (χ0) is 15.2. The second-order valence-electron chi connectivity index (χ2n) is 4.27. The molecule has 0 saturated heterocycles. The van der Waals surface area contributed by atoms with Gasteiger partial charge in [-0.25, -0.2) is 4.79 Å². The Hall–Kier alpha value is -2.88. The summed E-state index contributed by atoms with van der Waals surface area (Å²) in [4.78, 5) is 11.0. The van der Waals surface area contributed by atoms with Crippen molar-refractivity contribution >= 4 is 22.7 Å². The van der Waals surface area contributed by atoms with Crippen LogP contribution >= 0.6 is 0 Å². The van der Waals surface area contributed by atoms with Crippen LogP contribution in [0.3, 0.4) is 0 Å². The molecule has 0 spiro atoms. The van der Waals surface area contributed by atoms with E-state index in [-0.39, 0.29) is 11.6 Å². The first-order chi connectivity index (χ1) is 10.2. The van der Waals surface area contributed by atoms with E-state index in [1.54, 1.807) is 16.7 Å². The number of carbonyl (C=O) groups excluding carboxylic acids is 1. The molecule has 1 heterocycles. The predicted molar refractivity (Wildman–Crippen MR) is 75.4 cm³/mol. The second kappa shape index (κ2) is 6.52. The monoisotopic (exact) mass is 286 g/mol. The summed E-state index contributed by atoms with van der Waals surface area (Å²) < 4.78 is 6.04. The topological polar surface area (TPSA) is 100.0 Å². The maximum Gasteiger partial charge on any atom is 0.452 e. The summed E-state index contributed by atoms with van der Waals surface area (Å²) in [6.07, 6.45) is 0.164. The summed E-state index contributed by atoms with van der Waals surface area (Å²) in [6.45, 7) is 0.480. The van der Waals surface area contributed by atoms with Gasteiger partial charge in [0.2, 0.25) is 5.88 Å². The van der Waals surface area contributed by atoms with Gasteiger partial charge in [-0.15, -0.1) is 5.11 Å². The molecule has 0 aliphatic rings. The Morgan fingerprint density at radius 2 is 2.24 bits per heavy atom. The third-order valence-electron chi connectivity index (χ3n) is 2.99. The number of azo groups is 1. The molecule has 2 rings (SSSR count). The number of carbonyl (C=O) groups is 1. The highest BCUT2D eigenvalue weighted by molar-refractivity contribution is 5.95. The van der Waals surface area contributed by atoms with E-state index in [9.17, 15) is 9.90 Å². The van der Waals surface area contributed by atoms with E-state index in [0.717, 1.165) is 5.52 Å². The maximum atomic E-state index is 11.0. The number of aromatic nitrogens is 1. The van der Waals surface area contributed by atoms with E-state index in [1.165, 1.54) is 7.11 Å². The van der Waals surface area contributed by atoms with Gasteiger partial charge in [0, 0.05) is 18.4 Å². The molecule has 0 atom stereocenters. The van der Waals surface area contributed by atoms with Gasteiger partial charge in [0.05, 0.1) is 18.7 Å². The third kappa shape index (κ3) is 3.00. The number of ether oxygens (including phenoxy) is 1. The molecule has 0 aliphatic carbocycles. The average molecular weight is 286 g/mol. The first-order valence-electron chi connectivity index (χ1n) is 6.36. The van der Waals surface area contributed by atoms with Crippen LogP contribution in [0.1, 0.15) is 12.8 Å². The molecular formula is C14H14N4O3. The Morgan fingerprint density at radius 3 is 2.95 bits per heavy atom. The van der Waals surface area contributed by atoms with Crippen LogP contribution in [0, 0.1) is 11.3 Å². The molecule has 0 unspecified atom stereocenters. The molecule has 1 N–H and O–H groups in total. The molecule has 0 radical (unpaired) electrons. The maximum absolute atomic E-state index is 11.0. The van der Waals surface area contributed by atoms with Gasteiger partial charge in [-0.05, 0) is 12.5 Å². The molecule has 1 aromatic carbocycles. The number of amides is 1. The van der Waals surface area contributed by atoms with Gasteiger partial charge in [0.1, 0.15) is 0 Å². The number of para-hydroxylation sites is 1. The summed E-state index contributed by atoms with van der Waals surface area (Å²) in [5.41, 5.74) is 0.986. The van der Waals surface area contributed by atoms with Gasteiger partial charge in [-0.1, -0.05) is 23.3 Å². The molecule has 21 heavy (non-hydrogen) atoms. The Balaban J connectivity index is 2.45. The molecule has 0 fully saturated rings. The zero-order valence-corrected chi connectivity index (χ0v) is 11.5. The Bertz CT molecular complexity index is 728. The third-order valence-corrected chi connectivity index (χ3v) is 2.99. The fraction of sp³-hybridized carbons (Fsp3) is 0.286. The number of hydrogen-bond donors (Lipinski definition) is 1. The normalized spacial score (nSPS) is 10.9. The minimum atomic E-state index is -0.837. The van der Waals surface area contributed by atoms with E-state index < -0.39 is 6.09 Å². The van der Waals surface area contributed by atoms with Crippen molar-refractivity contribution in [3.8, 4) is 11.9 Å². The smallest absolute Gasteiger partial charge is 0.452 e. The summed E-state index contributed by atoms with van der Waals surface area (Å²) in [5.74, 6) is -0.0817. The lowest BCUT2D eigenvalue weighted by Crippen LogP contribution is -1.96. The molecule has 0 saturated carbocycles. The van der Waals surface area contributed by atoms with Gasteiger partial charge in [0.15, 0.2) is 5.69 Å². The molecule has 2 aromatic rings. The van der Waals surface area contributed by atoms with Crippen LogP contribution in [0.15, 0.2) is 34.5 Å². The first-order valence-corrected chi connectivity index (χ1v) is 6.36. The van der Waals surface area contributed by atoms with Crippen LogP contribution in [-0.2, 0) is 11.3 Å².